The molecule has 0 aromatic heterocycles. The molecule has 0 spiro atoms. The van der Waals surface area contributed by atoms with E-state index >= 15 is 0 Å². The Morgan fingerprint density at radius 2 is 1.94 bits per heavy atom. The number of piperidine rings is 1. The minimum atomic E-state index is -0.823. The van der Waals surface area contributed by atoms with Crippen LogP contribution in [-0.2, 0) is 9.59 Å². The zero-order chi connectivity index (χ0) is 12.8. The van der Waals surface area contributed by atoms with E-state index in [1.54, 1.807) is 11.9 Å². The molecule has 5 nitrogen and oxygen atoms in total. The molecule has 0 aliphatic carbocycles. The lowest BCUT2D eigenvalue weighted by Crippen LogP contribution is -2.43. The predicted molar refractivity (Wildman–Crippen MR) is 64.7 cm³/mol. The number of likely N-dealkylation sites (tertiary alicyclic amines) is 1. The van der Waals surface area contributed by atoms with Crippen LogP contribution in [-0.4, -0.2) is 60.0 Å². The lowest BCUT2D eigenvalue weighted by atomic mass is 9.99. The molecule has 0 bridgehead atoms. The van der Waals surface area contributed by atoms with Crippen molar-refractivity contribution in [2.75, 3.05) is 33.2 Å². The van der Waals surface area contributed by atoms with E-state index in [0.29, 0.717) is 19.0 Å². The van der Waals surface area contributed by atoms with Crippen LogP contribution in [0.4, 0.5) is 0 Å². The minimum absolute atomic E-state index is 0.0841. The number of likely N-dealkylation sites (N-methyl/N-ethyl adjacent to an activating group) is 1. The second-order valence-electron chi connectivity index (χ2n) is 4.94. The van der Waals surface area contributed by atoms with Crippen LogP contribution in [0.1, 0.15) is 26.2 Å². The van der Waals surface area contributed by atoms with Gasteiger partial charge < -0.3 is 10.0 Å². The quantitative estimate of drug-likeness (QED) is 0.769. The molecule has 0 saturated carbocycles. The number of carbonyl (C=O) groups excluding carboxylic acids is 1. The van der Waals surface area contributed by atoms with Gasteiger partial charge in [-0.05, 0) is 25.8 Å². The summed E-state index contributed by atoms with van der Waals surface area (Å²) < 4.78 is 0. The van der Waals surface area contributed by atoms with Gasteiger partial charge in [0, 0.05) is 19.6 Å². The summed E-state index contributed by atoms with van der Waals surface area (Å²) in [7, 11) is 1.79. The molecule has 0 unspecified atom stereocenters. The fraction of sp³-hybridized carbons (Fsp3) is 0.833. The van der Waals surface area contributed by atoms with Gasteiger partial charge >= 0.3 is 5.97 Å². The monoisotopic (exact) mass is 242 g/mol. The zero-order valence-corrected chi connectivity index (χ0v) is 10.7. The fourth-order valence-corrected chi connectivity index (χ4v) is 1.95. The Morgan fingerprint density at radius 1 is 1.35 bits per heavy atom. The van der Waals surface area contributed by atoms with Crippen molar-refractivity contribution in [1.29, 1.82) is 0 Å². The van der Waals surface area contributed by atoms with Gasteiger partial charge in [-0.3, -0.25) is 14.5 Å². The summed E-state index contributed by atoms with van der Waals surface area (Å²) in [5.74, 6) is 0.00433. The van der Waals surface area contributed by atoms with E-state index in [1.165, 1.54) is 0 Å². The van der Waals surface area contributed by atoms with Crippen LogP contribution in [0.5, 0.6) is 0 Å². The van der Waals surface area contributed by atoms with Crippen molar-refractivity contribution in [3.05, 3.63) is 0 Å². The molecule has 1 aliphatic rings. The Kier molecular flexibility index (Phi) is 5.41. The number of rotatable bonds is 5. The molecule has 1 fully saturated rings. The van der Waals surface area contributed by atoms with Crippen LogP contribution in [0, 0.1) is 5.92 Å². The largest absolute Gasteiger partial charge is 0.481 e. The average Bonchev–Trinajstić information content (AvgIpc) is 2.27. The molecule has 0 atom stereocenters. The molecule has 1 saturated heterocycles. The lowest BCUT2D eigenvalue weighted by molar-refractivity contribution is -0.138. The molecule has 17 heavy (non-hydrogen) atoms. The van der Waals surface area contributed by atoms with E-state index in [1.807, 2.05) is 4.90 Å². The maximum absolute atomic E-state index is 11.9. The summed E-state index contributed by atoms with van der Waals surface area (Å²) in [6.07, 6.45) is 2.23. The Bertz CT molecular complexity index is 273. The first-order valence-electron chi connectivity index (χ1n) is 6.17. The summed E-state index contributed by atoms with van der Waals surface area (Å²) in [5.41, 5.74) is 0. The van der Waals surface area contributed by atoms with Gasteiger partial charge in [-0.15, -0.1) is 0 Å². The van der Waals surface area contributed by atoms with Crippen LogP contribution in [0.15, 0.2) is 0 Å². The highest BCUT2D eigenvalue weighted by atomic mass is 16.4. The third-order valence-corrected chi connectivity index (χ3v) is 3.25. The van der Waals surface area contributed by atoms with E-state index < -0.39 is 5.97 Å². The molecule has 1 rings (SSSR count). The third-order valence-electron chi connectivity index (χ3n) is 3.25. The number of carboxylic acids is 1. The van der Waals surface area contributed by atoms with Crippen molar-refractivity contribution in [3.63, 3.8) is 0 Å². The number of amides is 1. The molecule has 1 N–H and O–H groups in total. The highest BCUT2D eigenvalue weighted by Crippen LogP contribution is 2.15. The topological polar surface area (TPSA) is 60.9 Å². The number of hydrogen-bond donors (Lipinski definition) is 1. The zero-order valence-electron chi connectivity index (χ0n) is 10.7. The predicted octanol–water partition coefficient (Wildman–Crippen LogP) is 0.651. The third kappa shape index (κ3) is 5.17. The fourth-order valence-electron chi connectivity index (χ4n) is 1.95. The molecule has 98 valence electrons. The van der Waals surface area contributed by atoms with Crippen molar-refractivity contribution in [2.24, 2.45) is 5.92 Å². The van der Waals surface area contributed by atoms with Gasteiger partial charge in [-0.1, -0.05) is 6.92 Å². The molecule has 5 heteroatoms. The maximum Gasteiger partial charge on any atom is 0.304 e. The summed E-state index contributed by atoms with van der Waals surface area (Å²) in [6.45, 7) is 4.63. The van der Waals surface area contributed by atoms with Gasteiger partial charge in [0.1, 0.15) is 0 Å². The molecular formula is C12H22N2O3. The molecule has 0 radical (unpaired) electrons. The van der Waals surface area contributed by atoms with Gasteiger partial charge in [0.25, 0.3) is 0 Å². The van der Waals surface area contributed by atoms with E-state index in [2.05, 4.69) is 6.92 Å². The maximum atomic E-state index is 11.9. The van der Waals surface area contributed by atoms with Crippen LogP contribution >= 0.6 is 0 Å². The first-order chi connectivity index (χ1) is 7.99. The van der Waals surface area contributed by atoms with Crippen molar-refractivity contribution >= 4 is 11.9 Å². The van der Waals surface area contributed by atoms with Crippen LogP contribution in [0.3, 0.4) is 0 Å². The number of carbonyl (C=O) groups is 2. The summed E-state index contributed by atoms with van der Waals surface area (Å²) >= 11 is 0. The normalized spacial score (nSPS) is 17.5. The SMILES string of the molecule is CC1CCN(C(=O)CN(C)CCC(=O)O)CC1. The lowest BCUT2D eigenvalue weighted by Gasteiger charge is -2.31. The van der Waals surface area contributed by atoms with Gasteiger partial charge in [-0.2, -0.15) is 0 Å². The highest BCUT2D eigenvalue weighted by molar-refractivity contribution is 5.78. The van der Waals surface area contributed by atoms with E-state index in [0.717, 1.165) is 25.9 Å². The van der Waals surface area contributed by atoms with Crippen molar-refractivity contribution in [3.8, 4) is 0 Å². The Balaban J connectivity index is 2.26. The smallest absolute Gasteiger partial charge is 0.304 e. The van der Waals surface area contributed by atoms with Gasteiger partial charge in [-0.25, -0.2) is 0 Å². The second-order valence-corrected chi connectivity index (χ2v) is 4.94. The summed E-state index contributed by atoms with van der Waals surface area (Å²) in [5, 5.41) is 8.55. The van der Waals surface area contributed by atoms with E-state index in [9.17, 15) is 9.59 Å². The number of carboxylic acid groups (broad SMARTS) is 1. The summed E-state index contributed by atoms with van der Waals surface area (Å²) in [4.78, 5) is 26.0. The Labute approximate surface area is 102 Å². The first-order valence-corrected chi connectivity index (χ1v) is 6.17. The minimum Gasteiger partial charge on any atom is -0.481 e. The average molecular weight is 242 g/mol. The van der Waals surface area contributed by atoms with Crippen LogP contribution in [0.25, 0.3) is 0 Å². The molecule has 0 aromatic carbocycles. The molecule has 1 aliphatic heterocycles. The van der Waals surface area contributed by atoms with Crippen molar-refractivity contribution in [1.82, 2.24) is 9.80 Å². The Hall–Kier alpha value is -1.10. The molecule has 1 amide bonds. The highest BCUT2D eigenvalue weighted by Gasteiger charge is 2.20. The molecular weight excluding hydrogens is 220 g/mol. The van der Waals surface area contributed by atoms with Crippen LogP contribution < -0.4 is 0 Å². The van der Waals surface area contributed by atoms with E-state index in [-0.39, 0.29) is 12.3 Å². The molecule has 0 aromatic rings. The first kappa shape index (κ1) is 14.0. The van der Waals surface area contributed by atoms with E-state index in [4.69, 9.17) is 5.11 Å². The number of hydrogen-bond acceptors (Lipinski definition) is 3. The Morgan fingerprint density at radius 3 is 2.47 bits per heavy atom. The summed E-state index contributed by atoms with van der Waals surface area (Å²) in [6, 6.07) is 0. The van der Waals surface area contributed by atoms with Crippen molar-refractivity contribution in [2.45, 2.75) is 26.2 Å². The van der Waals surface area contributed by atoms with Gasteiger partial charge in [0.05, 0.1) is 13.0 Å². The second kappa shape index (κ2) is 6.59. The standard InChI is InChI=1S/C12H22N2O3/c1-10-3-7-14(8-4-10)11(15)9-13(2)6-5-12(16)17/h10H,3-9H2,1-2H3,(H,16,17). The van der Waals surface area contributed by atoms with Crippen LogP contribution in [0.2, 0.25) is 0 Å². The molecule has 1 heterocycles. The van der Waals surface area contributed by atoms with Crippen molar-refractivity contribution < 1.29 is 14.7 Å². The number of aliphatic carboxylic acids is 1. The van der Waals surface area contributed by atoms with Gasteiger partial charge in [0.2, 0.25) is 5.91 Å². The van der Waals surface area contributed by atoms with Gasteiger partial charge in [0.15, 0.2) is 0 Å². The number of nitrogens with zero attached hydrogens (tertiary/aromatic N) is 2.